The molecule has 1 fully saturated rings. The van der Waals surface area contributed by atoms with Crippen LogP contribution in [0.4, 0.5) is 0 Å². The van der Waals surface area contributed by atoms with Gasteiger partial charge in [-0.05, 0) is 46.1 Å². The van der Waals surface area contributed by atoms with E-state index in [-0.39, 0.29) is 11.1 Å². The van der Waals surface area contributed by atoms with E-state index < -0.39 is 0 Å². The Labute approximate surface area is 107 Å². The van der Waals surface area contributed by atoms with Crippen molar-refractivity contribution < 1.29 is 0 Å². The SMILES string of the molecule is CC(C)(C)n1c(C2(N)CCC2)nc2cnccc21. The van der Waals surface area contributed by atoms with E-state index in [1.54, 1.807) is 0 Å². The number of hydrogen-bond acceptors (Lipinski definition) is 3. The summed E-state index contributed by atoms with van der Waals surface area (Å²) in [5, 5.41) is 0. The van der Waals surface area contributed by atoms with Gasteiger partial charge in [0, 0.05) is 11.7 Å². The zero-order valence-electron chi connectivity index (χ0n) is 11.3. The van der Waals surface area contributed by atoms with Crippen LogP contribution in [0.5, 0.6) is 0 Å². The molecule has 18 heavy (non-hydrogen) atoms. The van der Waals surface area contributed by atoms with Crippen LogP contribution in [0.2, 0.25) is 0 Å². The lowest BCUT2D eigenvalue weighted by Crippen LogP contribution is -2.47. The van der Waals surface area contributed by atoms with Crippen molar-refractivity contribution in [1.29, 1.82) is 0 Å². The fourth-order valence-corrected chi connectivity index (χ4v) is 2.73. The monoisotopic (exact) mass is 244 g/mol. The van der Waals surface area contributed by atoms with Crippen LogP contribution in [0.3, 0.4) is 0 Å². The number of aromatic nitrogens is 3. The first-order chi connectivity index (χ1) is 8.42. The van der Waals surface area contributed by atoms with Gasteiger partial charge >= 0.3 is 0 Å². The first kappa shape index (κ1) is 11.7. The van der Waals surface area contributed by atoms with Crippen LogP contribution in [0.1, 0.15) is 45.9 Å². The molecule has 2 N–H and O–H groups in total. The second kappa shape index (κ2) is 3.54. The summed E-state index contributed by atoms with van der Waals surface area (Å²) in [7, 11) is 0. The van der Waals surface area contributed by atoms with Crippen LogP contribution in [0.15, 0.2) is 18.5 Å². The molecular weight excluding hydrogens is 224 g/mol. The molecule has 0 amide bonds. The molecule has 0 spiro atoms. The predicted molar refractivity (Wildman–Crippen MR) is 72.2 cm³/mol. The molecular formula is C14H20N4. The maximum Gasteiger partial charge on any atom is 0.130 e. The van der Waals surface area contributed by atoms with Crippen molar-refractivity contribution in [1.82, 2.24) is 14.5 Å². The minimum absolute atomic E-state index is 0.0204. The van der Waals surface area contributed by atoms with E-state index in [2.05, 4.69) is 30.3 Å². The van der Waals surface area contributed by atoms with E-state index in [1.165, 1.54) is 6.42 Å². The van der Waals surface area contributed by atoms with Gasteiger partial charge < -0.3 is 10.3 Å². The van der Waals surface area contributed by atoms with Crippen LogP contribution in [-0.4, -0.2) is 14.5 Å². The second-order valence-electron chi connectivity index (χ2n) is 6.32. The van der Waals surface area contributed by atoms with Crippen molar-refractivity contribution in [2.45, 2.75) is 51.1 Å². The van der Waals surface area contributed by atoms with Crippen molar-refractivity contribution in [2.75, 3.05) is 0 Å². The van der Waals surface area contributed by atoms with Crippen LogP contribution < -0.4 is 5.73 Å². The Morgan fingerprint density at radius 2 is 2.06 bits per heavy atom. The summed E-state index contributed by atoms with van der Waals surface area (Å²) in [5.41, 5.74) is 8.29. The van der Waals surface area contributed by atoms with Crippen molar-refractivity contribution in [3.8, 4) is 0 Å². The molecule has 96 valence electrons. The van der Waals surface area contributed by atoms with Gasteiger partial charge in [-0.1, -0.05) is 0 Å². The molecule has 0 radical (unpaired) electrons. The molecule has 0 unspecified atom stereocenters. The Balaban J connectivity index is 2.30. The second-order valence-corrected chi connectivity index (χ2v) is 6.32. The topological polar surface area (TPSA) is 56.7 Å². The fraction of sp³-hybridized carbons (Fsp3) is 0.571. The molecule has 2 aromatic heterocycles. The summed E-state index contributed by atoms with van der Waals surface area (Å²) in [6, 6.07) is 2.03. The highest BCUT2D eigenvalue weighted by Gasteiger charge is 2.40. The number of hydrogen-bond donors (Lipinski definition) is 1. The van der Waals surface area contributed by atoms with Gasteiger partial charge in [0.2, 0.25) is 0 Å². The largest absolute Gasteiger partial charge is 0.321 e. The lowest BCUT2D eigenvalue weighted by atomic mass is 9.76. The first-order valence-electron chi connectivity index (χ1n) is 6.54. The third-order valence-electron chi connectivity index (χ3n) is 3.82. The molecule has 0 bridgehead atoms. The van der Waals surface area contributed by atoms with Gasteiger partial charge in [-0.2, -0.15) is 0 Å². The highest BCUT2D eigenvalue weighted by molar-refractivity contribution is 5.75. The van der Waals surface area contributed by atoms with Gasteiger partial charge in [-0.15, -0.1) is 0 Å². The standard InChI is InChI=1S/C14H20N4/c1-13(2,3)18-11-5-8-16-9-10(11)17-12(18)14(15)6-4-7-14/h5,8-9H,4,6-7,15H2,1-3H3. The van der Waals surface area contributed by atoms with Crippen LogP contribution in [0, 0.1) is 0 Å². The van der Waals surface area contributed by atoms with E-state index in [4.69, 9.17) is 10.7 Å². The Bertz CT molecular complexity index is 587. The van der Waals surface area contributed by atoms with E-state index in [0.29, 0.717) is 0 Å². The molecule has 0 aromatic carbocycles. The maximum atomic E-state index is 6.48. The van der Waals surface area contributed by atoms with Gasteiger partial charge in [0.1, 0.15) is 11.3 Å². The molecule has 4 heteroatoms. The van der Waals surface area contributed by atoms with Crippen LogP contribution in [0.25, 0.3) is 11.0 Å². The van der Waals surface area contributed by atoms with Gasteiger partial charge in [-0.25, -0.2) is 4.98 Å². The van der Waals surface area contributed by atoms with E-state index >= 15 is 0 Å². The quantitative estimate of drug-likeness (QED) is 0.838. The number of fused-ring (bicyclic) bond motifs is 1. The predicted octanol–water partition coefficient (Wildman–Crippen LogP) is 2.52. The molecule has 2 heterocycles. The number of rotatable bonds is 1. The number of imidazole rings is 1. The third kappa shape index (κ3) is 1.56. The average Bonchev–Trinajstić information content (AvgIpc) is 2.64. The molecule has 1 aliphatic carbocycles. The summed E-state index contributed by atoms with van der Waals surface area (Å²) in [5.74, 6) is 1.02. The lowest BCUT2D eigenvalue weighted by molar-refractivity contribution is 0.216. The van der Waals surface area contributed by atoms with Gasteiger partial charge in [0.25, 0.3) is 0 Å². The third-order valence-corrected chi connectivity index (χ3v) is 3.82. The minimum atomic E-state index is -0.244. The van der Waals surface area contributed by atoms with Crippen molar-refractivity contribution in [2.24, 2.45) is 5.73 Å². The number of pyridine rings is 1. The smallest absolute Gasteiger partial charge is 0.130 e. The van der Waals surface area contributed by atoms with Crippen molar-refractivity contribution in [3.05, 3.63) is 24.3 Å². The van der Waals surface area contributed by atoms with Crippen molar-refractivity contribution in [3.63, 3.8) is 0 Å². The molecule has 0 aliphatic heterocycles. The Hall–Kier alpha value is -1.42. The molecule has 0 atom stereocenters. The molecule has 2 aromatic rings. The van der Waals surface area contributed by atoms with E-state index in [1.807, 2.05) is 18.5 Å². The van der Waals surface area contributed by atoms with Gasteiger partial charge in [-0.3, -0.25) is 4.98 Å². The fourth-order valence-electron chi connectivity index (χ4n) is 2.73. The molecule has 4 nitrogen and oxygen atoms in total. The highest BCUT2D eigenvalue weighted by atomic mass is 15.2. The van der Waals surface area contributed by atoms with Crippen LogP contribution in [-0.2, 0) is 11.1 Å². The molecule has 1 aliphatic rings. The van der Waals surface area contributed by atoms with Gasteiger partial charge in [0.05, 0.1) is 17.3 Å². The van der Waals surface area contributed by atoms with Crippen molar-refractivity contribution >= 4 is 11.0 Å². The summed E-state index contributed by atoms with van der Waals surface area (Å²) in [6.45, 7) is 6.58. The Morgan fingerprint density at radius 3 is 2.61 bits per heavy atom. The summed E-state index contributed by atoms with van der Waals surface area (Å²) < 4.78 is 2.28. The summed E-state index contributed by atoms with van der Waals surface area (Å²) in [4.78, 5) is 8.91. The Kier molecular flexibility index (Phi) is 2.29. The minimum Gasteiger partial charge on any atom is -0.321 e. The first-order valence-corrected chi connectivity index (χ1v) is 6.54. The zero-order valence-corrected chi connectivity index (χ0v) is 11.3. The lowest BCUT2D eigenvalue weighted by Gasteiger charge is -2.40. The van der Waals surface area contributed by atoms with Crippen LogP contribution >= 0.6 is 0 Å². The number of nitrogens with two attached hydrogens (primary N) is 1. The average molecular weight is 244 g/mol. The Morgan fingerprint density at radius 1 is 1.33 bits per heavy atom. The molecule has 3 rings (SSSR count). The molecule has 1 saturated carbocycles. The highest BCUT2D eigenvalue weighted by Crippen LogP contribution is 2.41. The summed E-state index contributed by atoms with van der Waals surface area (Å²) in [6.07, 6.45) is 6.89. The normalized spacial score (nSPS) is 18.9. The van der Waals surface area contributed by atoms with Gasteiger partial charge in [0.15, 0.2) is 0 Å². The summed E-state index contributed by atoms with van der Waals surface area (Å²) >= 11 is 0. The number of nitrogens with zero attached hydrogens (tertiary/aromatic N) is 3. The zero-order chi connectivity index (χ0) is 13.0. The molecule has 0 saturated heterocycles. The van der Waals surface area contributed by atoms with E-state index in [9.17, 15) is 0 Å². The maximum absolute atomic E-state index is 6.48. The van der Waals surface area contributed by atoms with E-state index in [0.717, 1.165) is 29.7 Å².